The molecule has 0 aliphatic carbocycles. The molecule has 0 bridgehead atoms. The molecule has 0 unspecified atom stereocenters. The smallest absolute Gasteiger partial charge is 0.340 e. The Morgan fingerprint density at radius 3 is 2.42 bits per heavy atom. The van der Waals surface area contributed by atoms with E-state index in [1.54, 1.807) is 0 Å². The summed E-state index contributed by atoms with van der Waals surface area (Å²) in [5.41, 5.74) is 2.18. The van der Waals surface area contributed by atoms with Crippen molar-refractivity contribution in [2.75, 3.05) is 6.61 Å². The van der Waals surface area contributed by atoms with E-state index in [2.05, 4.69) is 12.2 Å². The second kappa shape index (κ2) is 8.45. The number of carbonyl (C=O) groups is 2. The zero-order valence-electron chi connectivity index (χ0n) is 13.1. The van der Waals surface area contributed by atoms with E-state index in [0.29, 0.717) is 6.54 Å². The number of amides is 1. The highest BCUT2D eigenvalue weighted by molar-refractivity contribution is 6.33. The molecule has 0 atom stereocenters. The number of carbonyl (C=O) groups excluding carboxylic acids is 2. The number of esters is 1. The second-order valence-electron chi connectivity index (χ2n) is 5.15. The van der Waals surface area contributed by atoms with E-state index in [9.17, 15) is 14.0 Å². The summed E-state index contributed by atoms with van der Waals surface area (Å²) in [6.07, 6.45) is 0.953. The third-order valence-corrected chi connectivity index (χ3v) is 3.72. The van der Waals surface area contributed by atoms with Gasteiger partial charge < -0.3 is 10.1 Å². The van der Waals surface area contributed by atoms with Crippen LogP contribution in [0.2, 0.25) is 5.02 Å². The van der Waals surface area contributed by atoms with Crippen molar-refractivity contribution in [3.63, 3.8) is 0 Å². The lowest BCUT2D eigenvalue weighted by molar-refractivity contribution is -0.124. The summed E-state index contributed by atoms with van der Waals surface area (Å²) in [6, 6.07) is 11.2. The molecule has 1 amide bonds. The lowest BCUT2D eigenvalue weighted by Crippen LogP contribution is -2.28. The van der Waals surface area contributed by atoms with Gasteiger partial charge in [0.2, 0.25) is 0 Å². The standard InChI is InChI=1S/C18H17ClFNO3/c1-2-12-3-5-13(6-4-12)10-21-17(22)11-24-18(23)15-8-7-14(20)9-16(15)19/h3-9H,2,10-11H2,1H3,(H,21,22). The third kappa shape index (κ3) is 5.06. The van der Waals surface area contributed by atoms with E-state index >= 15 is 0 Å². The number of rotatable bonds is 6. The summed E-state index contributed by atoms with van der Waals surface area (Å²) in [4.78, 5) is 23.5. The molecule has 0 saturated carbocycles. The zero-order valence-corrected chi connectivity index (χ0v) is 13.9. The van der Waals surface area contributed by atoms with Crippen LogP contribution in [0, 0.1) is 5.82 Å². The molecule has 2 aromatic rings. The number of aryl methyl sites for hydroxylation is 1. The van der Waals surface area contributed by atoms with Gasteiger partial charge in [-0.25, -0.2) is 9.18 Å². The number of hydrogen-bond donors (Lipinski definition) is 1. The summed E-state index contributed by atoms with van der Waals surface area (Å²) < 4.78 is 17.8. The molecule has 2 rings (SSSR count). The van der Waals surface area contributed by atoms with E-state index < -0.39 is 24.3 Å². The summed E-state index contributed by atoms with van der Waals surface area (Å²) in [5, 5.41) is 2.60. The van der Waals surface area contributed by atoms with E-state index in [1.165, 1.54) is 11.6 Å². The molecule has 126 valence electrons. The molecule has 0 aromatic heterocycles. The highest BCUT2D eigenvalue weighted by Crippen LogP contribution is 2.18. The maximum Gasteiger partial charge on any atom is 0.340 e. The third-order valence-electron chi connectivity index (χ3n) is 3.41. The summed E-state index contributed by atoms with van der Waals surface area (Å²) in [5.74, 6) is -1.76. The van der Waals surface area contributed by atoms with Gasteiger partial charge in [-0.05, 0) is 35.7 Å². The molecule has 0 fully saturated rings. The quantitative estimate of drug-likeness (QED) is 0.812. The fourth-order valence-electron chi connectivity index (χ4n) is 2.01. The second-order valence-corrected chi connectivity index (χ2v) is 5.55. The number of halogens is 2. The fourth-order valence-corrected chi connectivity index (χ4v) is 2.25. The van der Waals surface area contributed by atoms with Gasteiger partial charge in [0.05, 0.1) is 10.6 Å². The topological polar surface area (TPSA) is 55.4 Å². The maximum absolute atomic E-state index is 12.9. The van der Waals surface area contributed by atoms with Crippen LogP contribution in [0.5, 0.6) is 0 Å². The van der Waals surface area contributed by atoms with E-state index in [0.717, 1.165) is 24.1 Å². The van der Waals surface area contributed by atoms with E-state index in [-0.39, 0.29) is 10.6 Å². The maximum atomic E-state index is 12.9. The number of benzene rings is 2. The zero-order chi connectivity index (χ0) is 17.5. The van der Waals surface area contributed by atoms with Crippen LogP contribution in [-0.2, 0) is 22.5 Å². The van der Waals surface area contributed by atoms with Crippen LogP contribution in [0.4, 0.5) is 4.39 Å². The number of nitrogens with one attached hydrogen (secondary N) is 1. The summed E-state index contributed by atoms with van der Waals surface area (Å²) in [7, 11) is 0. The first-order valence-electron chi connectivity index (χ1n) is 7.46. The average molecular weight is 350 g/mol. The Kier molecular flexibility index (Phi) is 6.32. The molecular weight excluding hydrogens is 333 g/mol. The molecule has 0 aliphatic heterocycles. The van der Waals surface area contributed by atoms with Gasteiger partial charge in [0.1, 0.15) is 5.82 Å². The van der Waals surface area contributed by atoms with Gasteiger partial charge in [-0.3, -0.25) is 4.79 Å². The first kappa shape index (κ1) is 17.9. The first-order valence-corrected chi connectivity index (χ1v) is 7.84. The Labute approximate surface area is 144 Å². The van der Waals surface area contributed by atoms with Gasteiger partial charge in [0.25, 0.3) is 5.91 Å². The molecular formula is C18H17ClFNO3. The van der Waals surface area contributed by atoms with Crippen LogP contribution in [0.3, 0.4) is 0 Å². The minimum Gasteiger partial charge on any atom is -0.452 e. The van der Waals surface area contributed by atoms with Crippen LogP contribution in [-0.4, -0.2) is 18.5 Å². The van der Waals surface area contributed by atoms with Crippen molar-refractivity contribution < 1.29 is 18.7 Å². The van der Waals surface area contributed by atoms with Crippen molar-refractivity contribution in [1.29, 1.82) is 0 Å². The van der Waals surface area contributed by atoms with Crippen molar-refractivity contribution in [1.82, 2.24) is 5.32 Å². The summed E-state index contributed by atoms with van der Waals surface area (Å²) >= 11 is 5.76. The van der Waals surface area contributed by atoms with Crippen molar-refractivity contribution in [2.24, 2.45) is 0 Å². The predicted octanol–water partition coefficient (Wildman–Crippen LogP) is 3.51. The molecule has 0 aliphatic rings. The van der Waals surface area contributed by atoms with Gasteiger partial charge in [-0.15, -0.1) is 0 Å². The van der Waals surface area contributed by atoms with Crippen molar-refractivity contribution in [3.05, 3.63) is 70.0 Å². The molecule has 6 heteroatoms. The molecule has 0 radical (unpaired) electrons. The molecule has 4 nitrogen and oxygen atoms in total. The highest BCUT2D eigenvalue weighted by Gasteiger charge is 2.14. The molecule has 0 saturated heterocycles. The van der Waals surface area contributed by atoms with Crippen molar-refractivity contribution in [2.45, 2.75) is 19.9 Å². The Hall–Kier alpha value is -2.40. The van der Waals surface area contributed by atoms with Gasteiger partial charge in [-0.2, -0.15) is 0 Å². The Morgan fingerprint density at radius 2 is 1.79 bits per heavy atom. The number of hydrogen-bond acceptors (Lipinski definition) is 3. The van der Waals surface area contributed by atoms with Gasteiger partial charge in [-0.1, -0.05) is 42.8 Å². The van der Waals surface area contributed by atoms with Crippen LogP contribution >= 0.6 is 11.6 Å². The SMILES string of the molecule is CCc1ccc(CNC(=O)COC(=O)c2ccc(F)cc2Cl)cc1. The molecule has 0 spiro atoms. The van der Waals surface area contributed by atoms with Crippen molar-refractivity contribution in [3.8, 4) is 0 Å². The van der Waals surface area contributed by atoms with Gasteiger partial charge in [0, 0.05) is 6.54 Å². The van der Waals surface area contributed by atoms with E-state index in [4.69, 9.17) is 16.3 Å². The van der Waals surface area contributed by atoms with Crippen LogP contribution in [0.1, 0.15) is 28.4 Å². The average Bonchev–Trinajstić information content (AvgIpc) is 2.58. The lowest BCUT2D eigenvalue weighted by atomic mass is 10.1. The minimum absolute atomic E-state index is 0.0148. The van der Waals surface area contributed by atoms with Crippen LogP contribution < -0.4 is 5.32 Å². The summed E-state index contributed by atoms with van der Waals surface area (Å²) in [6.45, 7) is 1.98. The lowest BCUT2D eigenvalue weighted by Gasteiger charge is -2.08. The molecule has 24 heavy (non-hydrogen) atoms. The largest absolute Gasteiger partial charge is 0.452 e. The van der Waals surface area contributed by atoms with Crippen molar-refractivity contribution >= 4 is 23.5 Å². The van der Waals surface area contributed by atoms with Gasteiger partial charge >= 0.3 is 5.97 Å². The predicted molar refractivity (Wildman–Crippen MR) is 89.4 cm³/mol. The Morgan fingerprint density at radius 1 is 1.12 bits per heavy atom. The van der Waals surface area contributed by atoms with Crippen LogP contribution in [0.15, 0.2) is 42.5 Å². The molecule has 2 aromatic carbocycles. The minimum atomic E-state index is -0.776. The first-order chi connectivity index (χ1) is 11.5. The van der Waals surface area contributed by atoms with Crippen LogP contribution in [0.25, 0.3) is 0 Å². The Bertz CT molecular complexity index is 732. The van der Waals surface area contributed by atoms with Gasteiger partial charge in [0.15, 0.2) is 6.61 Å². The normalized spacial score (nSPS) is 10.3. The number of ether oxygens (including phenoxy) is 1. The molecule has 1 N–H and O–H groups in total. The molecule has 0 heterocycles. The Balaban J connectivity index is 1.80. The van der Waals surface area contributed by atoms with E-state index in [1.807, 2.05) is 24.3 Å². The monoisotopic (exact) mass is 349 g/mol. The fraction of sp³-hybridized carbons (Fsp3) is 0.222. The highest BCUT2D eigenvalue weighted by atomic mass is 35.5.